The van der Waals surface area contributed by atoms with E-state index in [1.165, 1.54) is 38.1 Å². The molecule has 1 aromatic rings. The van der Waals surface area contributed by atoms with Gasteiger partial charge in [-0.2, -0.15) is 0 Å². The van der Waals surface area contributed by atoms with Crippen molar-refractivity contribution in [1.29, 1.82) is 0 Å². The normalized spacial score (nSPS) is 13.6. The molecule has 0 N–H and O–H groups in total. The summed E-state index contributed by atoms with van der Waals surface area (Å²) in [6.45, 7) is 4.14. The van der Waals surface area contributed by atoms with Crippen molar-refractivity contribution in [3.63, 3.8) is 0 Å². The molecule has 0 heterocycles. The molecule has 0 saturated heterocycles. The van der Waals surface area contributed by atoms with Gasteiger partial charge in [0.1, 0.15) is 11.9 Å². The van der Waals surface area contributed by atoms with E-state index < -0.39 is 24.1 Å². The number of benzene rings is 1. The van der Waals surface area contributed by atoms with Crippen molar-refractivity contribution >= 4 is 11.9 Å². The molecular formula is C13H15FO4. The minimum absolute atomic E-state index is 0.388. The van der Waals surface area contributed by atoms with Crippen LogP contribution >= 0.6 is 0 Å². The quantitative estimate of drug-likeness (QED) is 0.774. The van der Waals surface area contributed by atoms with Gasteiger partial charge in [0.05, 0.1) is 0 Å². The van der Waals surface area contributed by atoms with E-state index in [0.29, 0.717) is 5.56 Å². The van der Waals surface area contributed by atoms with Crippen LogP contribution in [0.4, 0.5) is 4.39 Å². The van der Waals surface area contributed by atoms with Gasteiger partial charge in [0.2, 0.25) is 0 Å². The first-order chi connectivity index (χ1) is 8.40. The van der Waals surface area contributed by atoms with Crippen molar-refractivity contribution in [3.05, 3.63) is 35.6 Å². The number of halogens is 1. The number of ether oxygens (including phenoxy) is 2. The summed E-state index contributed by atoms with van der Waals surface area (Å²) in [6.07, 6.45) is -1.39. The van der Waals surface area contributed by atoms with E-state index in [9.17, 15) is 14.0 Å². The van der Waals surface area contributed by atoms with Gasteiger partial charge in [0.15, 0.2) is 6.10 Å². The average molecular weight is 254 g/mol. The molecule has 0 unspecified atom stereocenters. The van der Waals surface area contributed by atoms with Gasteiger partial charge in [-0.15, -0.1) is 0 Å². The Hall–Kier alpha value is -1.91. The highest BCUT2D eigenvalue weighted by Crippen LogP contribution is 2.24. The van der Waals surface area contributed by atoms with Crippen LogP contribution in [0.25, 0.3) is 0 Å². The van der Waals surface area contributed by atoms with Crippen molar-refractivity contribution in [2.75, 3.05) is 0 Å². The van der Waals surface area contributed by atoms with Crippen LogP contribution in [0.3, 0.4) is 0 Å². The Morgan fingerprint density at radius 2 is 1.56 bits per heavy atom. The summed E-state index contributed by atoms with van der Waals surface area (Å²) < 4.78 is 22.9. The van der Waals surface area contributed by atoms with E-state index in [1.807, 2.05) is 0 Å². The van der Waals surface area contributed by atoms with E-state index in [4.69, 9.17) is 9.47 Å². The second-order valence-corrected chi connectivity index (χ2v) is 3.90. The van der Waals surface area contributed by atoms with E-state index in [0.717, 1.165) is 0 Å². The Morgan fingerprint density at radius 1 is 1.06 bits per heavy atom. The third-order valence-electron chi connectivity index (χ3n) is 2.27. The molecule has 0 aliphatic rings. The molecular weight excluding hydrogens is 239 g/mol. The van der Waals surface area contributed by atoms with Gasteiger partial charge in [-0.05, 0) is 24.6 Å². The van der Waals surface area contributed by atoms with E-state index in [1.54, 1.807) is 6.92 Å². The molecule has 0 fully saturated rings. The number of hydrogen-bond acceptors (Lipinski definition) is 4. The topological polar surface area (TPSA) is 52.6 Å². The largest absolute Gasteiger partial charge is 0.459 e. The van der Waals surface area contributed by atoms with Crippen molar-refractivity contribution in [2.45, 2.75) is 33.0 Å². The molecule has 0 bridgehead atoms. The summed E-state index contributed by atoms with van der Waals surface area (Å²) >= 11 is 0. The first kappa shape index (κ1) is 14.2. The molecule has 0 saturated carbocycles. The summed E-state index contributed by atoms with van der Waals surface area (Å²) in [4.78, 5) is 22.0. The first-order valence-electron chi connectivity index (χ1n) is 5.50. The van der Waals surface area contributed by atoms with Crippen LogP contribution in [0.15, 0.2) is 24.3 Å². The third kappa shape index (κ3) is 4.16. The number of esters is 2. The summed E-state index contributed by atoms with van der Waals surface area (Å²) in [5, 5.41) is 0. The van der Waals surface area contributed by atoms with Crippen LogP contribution in [0.5, 0.6) is 0 Å². The standard InChI is InChI=1S/C13H15FO4/c1-8(17-9(2)15)13(18-10(3)16)11-4-6-12(14)7-5-11/h4-8,13H,1-3H3/t8-,13-/m0/s1. The second-order valence-electron chi connectivity index (χ2n) is 3.90. The second kappa shape index (κ2) is 6.14. The molecule has 0 spiro atoms. The van der Waals surface area contributed by atoms with Crippen LogP contribution in [-0.2, 0) is 19.1 Å². The molecule has 5 heteroatoms. The zero-order valence-corrected chi connectivity index (χ0v) is 10.5. The average Bonchev–Trinajstić information content (AvgIpc) is 2.26. The summed E-state index contributed by atoms with van der Waals surface area (Å²) in [5.74, 6) is -1.36. The van der Waals surface area contributed by atoms with Crippen LogP contribution in [-0.4, -0.2) is 18.0 Å². The van der Waals surface area contributed by atoms with Gasteiger partial charge in [0.25, 0.3) is 0 Å². The molecule has 1 aromatic carbocycles. The SMILES string of the molecule is CC(=O)O[C@@H](C)[C@H](OC(C)=O)c1ccc(F)cc1. The Morgan fingerprint density at radius 3 is 2.00 bits per heavy atom. The highest BCUT2D eigenvalue weighted by Gasteiger charge is 2.24. The summed E-state index contributed by atoms with van der Waals surface area (Å²) in [5.41, 5.74) is 0.570. The van der Waals surface area contributed by atoms with Gasteiger partial charge >= 0.3 is 11.9 Å². The lowest BCUT2D eigenvalue weighted by molar-refractivity contribution is -0.164. The van der Waals surface area contributed by atoms with E-state index >= 15 is 0 Å². The number of rotatable bonds is 4. The number of carbonyl (C=O) groups excluding carboxylic acids is 2. The van der Waals surface area contributed by atoms with Gasteiger partial charge in [0, 0.05) is 13.8 Å². The maximum absolute atomic E-state index is 12.8. The van der Waals surface area contributed by atoms with Crippen molar-refractivity contribution in [1.82, 2.24) is 0 Å². The summed E-state index contributed by atoms with van der Waals surface area (Å²) in [7, 11) is 0. The van der Waals surface area contributed by atoms with Gasteiger partial charge in [-0.3, -0.25) is 9.59 Å². The van der Waals surface area contributed by atoms with E-state index in [2.05, 4.69) is 0 Å². The lowest BCUT2D eigenvalue weighted by Crippen LogP contribution is -2.25. The van der Waals surface area contributed by atoms with Crippen LogP contribution in [0, 0.1) is 5.82 Å². The molecule has 0 amide bonds. The molecule has 18 heavy (non-hydrogen) atoms. The van der Waals surface area contributed by atoms with Gasteiger partial charge in [-0.1, -0.05) is 12.1 Å². The monoisotopic (exact) mass is 254 g/mol. The van der Waals surface area contributed by atoms with Crippen molar-refractivity contribution in [2.24, 2.45) is 0 Å². The Labute approximate surface area is 105 Å². The zero-order valence-electron chi connectivity index (χ0n) is 10.5. The molecule has 1 rings (SSSR count). The van der Waals surface area contributed by atoms with Crippen LogP contribution in [0.2, 0.25) is 0 Å². The fraction of sp³-hybridized carbons (Fsp3) is 0.385. The van der Waals surface area contributed by atoms with Crippen LogP contribution in [0.1, 0.15) is 32.4 Å². The summed E-state index contributed by atoms with van der Waals surface area (Å²) in [6, 6.07) is 5.49. The number of carbonyl (C=O) groups is 2. The Balaban J connectivity index is 2.93. The highest BCUT2D eigenvalue weighted by atomic mass is 19.1. The molecule has 2 atom stereocenters. The zero-order chi connectivity index (χ0) is 13.7. The smallest absolute Gasteiger partial charge is 0.303 e. The van der Waals surface area contributed by atoms with Gasteiger partial charge < -0.3 is 9.47 Å². The van der Waals surface area contributed by atoms with E-state index in [-0.39, 0.29) is 5.82 Å². The molecule has 0 aromatic heterocycles. The maximum Gasteiger partial charge on any atom is 0.303 e. The minimum atomic E-state index is -0.744. The maximum atomic E-state index is 12.8. The van der Waals surface area contributed by atoms with Crippen molar-refractivity contribution in [3.8, 4) is 0 Å². The molecule has 4 nitrogen and oxygen atoms in total. The minimum Gasteiger partial charge on any atom is -0.459 e. The first-order valence-corrected chi connectivity index (χ1v) is 5.50. The molecule has 0 aliphatic carbocycles. The lowest BCUT2D eigenvalue weighted by Gasteiger charge is -2.23. The fourth-order valence-corrected chi connectivity index (χ4v) is 1.59. The van der Waals surface area contributed by atoms with Gasteiger partial charge in [-0.25, -0.2) is 4.39 Å². The van der Waals surface area contributed by atoms with Crippen LogP contribution < -0.4 is 0 Å². The van der Waals surface area contributed by atoms with Crippen molar-refractivity contribution < 1.29 is 23.5 Å². The molecule has 0 aliphatic heterocycles. The predicted octanol–water partition coefficient (Wildman–Crippen LogP) is 2.38. The Bertz CT molecular complexity index is 427. The lowest BCUT2D eigenvalue weighted by atomic mass is 10.1. The number of hydrogen-bond donors (Lipinski definition) is 0. The predicted molar refractivity (Wildman–Crippen MR) is 62.1 cm³/mol. The fourth-order valence-electron chi connectivity index (χ4n) is 1.59. The third-order valence-corrected chi connectivity index (χ3v) is 2.27. The molecule has 0 radical (unpaired) electrons. The highest BCUT2D eigenvalue weighted by molar-refractivity contribution is 5.67. The Kier molecular flexibility index (Phi) is 4.83. The molecule has 98 valence electrons.